The summed E-state index contributed by atoms with van der Waals surface area (Å²) in [6.45, 7) is -0.0928. The molecule has 0 unspecified atom stereocenters. The Labute approximate surface area is 141 Å². The third-order valence-corrected chi connectivity index (χ3v) is 3.32. The number of nitro groups is 1. The molecule has 0 fully saturated rings. The van der Waals surface area contributed by atoms with E-state index in [0.29, 0.717) is 17.0 Å². The number of carbonyl (C=O) groups excluding carboxylic acids is 2. The second-order valence-electron chi connectivity index (χ2n) is 5.10. The molecule has 2 aromatic rings. The van der Waals surface area contributed by atoms with Crippen LogP contribution in [0.2, 0.25) is 0 Å². The van der Waals surface area contributed by atoms with Crippen molar-refractivity contribution in [1.82, 2.24) is 0 Å². The predicted octanol–water partition coefficient (Wildman–Crippen LogP) is 2.54. The molecule has 1 amide bonds. The number of benzene rings is 2. The SMILES string of the molecule is O=C1COc2cc(OC(=O)/C=C/c3ccc([N+](=O)[O-])cc3)ccc2N1. The van der Waals surface area contributed by atoms with Crippen LogP contribution in [0.5, 0.6) is 11.5 Å². The summed E-state index contributed by atoms with van der Waals surface area (Å²) >= 11 is 0. The van der Waals surface area contributed by atoms with Gasteiger partial charge in [-0.3, -0.25) is 14.9 Å². The number of non-ortho nitro benzene ring substituents is 1. The highest BCUT2D eigenvalue weighted by Gasteiger charge is 2.16. The fourth-order valence-corrected chi connectivity index (χ4v) is 2.14. The first kappa shape index (κ1) is 16.2. The molecular weight excluding hydrogens is 328 g/mol. The van der Waals surface area contributed by atoms with E-state index in [4.69, 9.17) is 9.47 Å². The number of carbonyl (C=O) groups is 2. The molecule has 1 N–H and O–H groups in total. The van der Waals surface area contributed by atoms with Crippen LogP contribution in [0, 0.1) is 10.1 Å². The number of fused-ring (bicyclic) bond motifs is 1. The van der Waals surface area contributed by atoms with Crippen molar-refractivity contribution in [2.45, 2.75) is 0 Å². The summed E-state index contributed by atoms with van der Waals surface area (Å²) in [4.78, 5) is 33.1. The van der Waals surface area contributed by atoms with Gasteiger partial charge in [-0.25, -0.2) is 4.79 Å². The molecule has 0 atom stereocenters. The van der Waals surface area contributed by atoms with Gasteiger partial charge in [0, 0.05) is 24.3 Å². The zero-order valence-electron chi connectivity index (χ0n) is 12.8. The minimum Gasteiger partial charge on any atom is -0.481 e. The van der Waals surface area contributed by atoms with Crippen LogP contribution in [0.1, 0.15) is 5.56 Å². The van der Waals surface area contributed by atoms with Crippen LogP contribution in [0.3, 0.4) is 0 Å². The zero-order valence-corrected chi connectivity index (χ0v) is 12.8. The number of hydrogen-bond acceptors (Lipinski definition) is 6. The molecule has 1 heterocycles. The summed E-state index contributed by atoms with van der Waals surface area (Å²) in [6.07, 6.45) is 2.70. The number of nitro benzene ring substituents is 1. The fourth-order valence-electron chi connectivity index (χ4n) is 2.14. The van der Waals surface area contributed by atoms with Crippen LogP contribution in [0.25, 0.3) is 6.08 Å². The first-order valence-corrected chi connectivity index (χ1v) is 7.22. The maximum absolute atomic E-state index is 11.9. The summed E-state index contributed by atoms with van der Waals surface area (Å²) in [5, 5.41) is 13.2. The van der Waals surface area contributed by atoms with Gasteiger partial charge >= 0.3 is 5.97 Å². The smallest absolute Gasteiger partial charge is 0.336 e. The number of rotatable bonds is 4. The van der Waals surface area contributed by atoms with Gasteiger partial charge in [0.25, 0.3) is 11.6 Å². The van der Waals surface area contributed by atoms with Crippen molar-refractivity contribution >= 4 is 29.3 Å². The van der Waals surface area contributed by atoms with Crippen LogP contribution in [-0.2, 0) is 9.59 Å². The lowest BCUT2D eigenvalue weighted by molar-refractivity contribution is -0.384. The topological polar surface area (TPSA) is 108 Å². The molecule has 0 bridgehead atoms. The number of nitrogens with one attached hydrogen (secondary N) is 1. The van der Waals surface area contributed by atoms with Crippen molar-refractivity contribution in [2.75, 3.05) is 11.9 Å². The Morgan fingerprint density at radius 3 is 2.72 bits per heavy atom. The van der Waals surface area contributed by atoms with E-state index in [1.165, 1.54) is 48.6 Å². The summed E-state index contributed by atoms with van der Waals surface area (Å²) in [5.74, 6) is -0.168. The maximum Gasteiger partial charge on any atom is 0.336 e. The molecule has 126 valence electrons. The number of nitrogens with zero attached hydrogens (tertiary/aromatic N) is 1. The van der Waals surface area contributed by atoms with Crippen molar-refractivity contribution in [2.24, 2.45) is 0 Å². The first-order valence-electron chi connectivity index (χ1n) is 7.22. The van der Waals surface area contributed by atoms with E-state index in [0.717, 1.165) is 0 Å². The molecule has 0 saturated heterocycles. The van der Waals surface area contributed by atoms with Gasteiger partial charge in [0.05, 0.1) is 10.6 Å². The van der Waals surface area contributed by atoms with E-state index in [9.17, 15) is 19.7 Å². The number of ether oxygens (including phenoxy) is 2. The van der Waals surface area contributed by atoms with Crippen molar-refractivity contribution in [3.05, 3.63) is 64.2 Å². The van der Waals surface area contributed by atoms with E-state index in [-0.39, 0.29) is 24.0 Å². The van der Waals surface area contributed by atoms with Gasteiger partial charge in [-0.15, -0.1) is 0 Å². The second-order valence-corrected chi connectivity index (χ2v) is 5.10. The van der Waals surface area contributed by atoms with Gasteiger partial charge in [0.1, 0.15) is 11.5 Å². The molecule has 3 rings (SSSR count). The van der Waals surface area contributed by atoms with E-state index in [1.54, 1.807) is 6.07 Å². The molecule has 1 aliphatic rings. The summed E-state index contributed by atoms with van der Waals surface area (Å²) < 4.78 is 10.4. The van der Waals surface area contributed by atoms with E-state index < -0.39 is 10.9 Å². The highest BCUT2D eigenvalue weighted by atomic mass is 16.6. The van der Waals surface area contributed by atoms with Crippen LogP contribution < -0.4 is 14.8 Å². The predicted molar refractivity (Wildman–Crippen MR) is 88.3 cm³/mol. The molecule has 0 spiro atoms. The van der Waals surface area contributed by atoms with Gasteiger partial charge in [0.15, 0.2) is 6.61 Å². The van der Waals surface area contributed by atoms with Crippen molar-refractivity contribution in [1.29, 1.82) is 0 Å². The second kappa shape index (κ2) is 6.83. The van der Waals surface area contributed by atoms with Gasteiger partial charge in [-0.2, -0.15) is 0 Å². The average molecular weight is 340 g/mol. The van der Waals surface area contributed by atoms with Crippen molar-refractivity contribution < 1.29 is 24.0 Å². The molecular formula is C17H12N2O6. The monoisotopic (exact) mass is 340 g/mol. The maximum atomic E-state index is 11.9. The summed E-state index contributed by atoms with van der Waals surface area (Å²) in [5.41, 5.74) is 1.11. The normalized spacial score (nSPS) is 12.9. The Hall–Kier alpha value is -3.68. The number of anilines is 1. The highest BCUT2D eigenvalue weighted by Crippen LogP contribution is 2.31. The van der Waals surface area contributed by atoms with E-state index in [2.05, 4.69) is 5.32 Å². The lowest BCUT2D eigenvalue weighted by Gasteiger charge is -2.18. The minimum atomic E-state index is -0.613. The van der Waals surface area contributed by atoms with Gasteiger partial charge in [-0.05, 0) is 35.9 Å². The average Bonchev–Trinajstić information content (AvgIpc) is 2.60. The Morgan fingerprint density at radius 2 is 2.00 bits per heavy atom. The first-order chi connectivity index (χ1) is 12.0. The van der Waals surface area contributed by atoms with Crippen molar-refractivity contribution in [3.63, 3.8) is 0 Å². The Kier molecular flexibility index (Phi) is 4.42. The zero-order chi connectivity index (χ0) is 17.8. The highest BCUT2D eigenvalue weighted by molar-refractivity contribution is 5.95. The summed E-state index contributed by atoms with van der Waals surface area (Å²) in [7, 11) is 0. The van der Waals surface area contributed by atoms with Crippen LogP contribution in [-0.4, -0.2) is 23.4 Å². The van der Waals surface area contributed by atoms with Crippen LogP contribution in [0.4, 0.5) is 11.4 Å². The molecule has 25 heavy (non-hydrogen) atoms. The van der Waals surface area contributed by atoms with E-state index in [1.807, 2.05) is 0 Å². The minimum absolute atomic E-state index is 0.0270. The quantitative estimate of drug-likeness (QED) is 0.301. The Bertz CT molecular complexity index is 873. The largest absolute Gasteiger partial charge is 0.481 e. The van der Waals surface area contributed by atoms with Gasteiger partial charge in [-0.1, -0.05) is 0 Å². The lowest BCUT2D eigenvalue weighted by Crippen LogP contribution is -2.25. The van der Waals surface area contributed by atoms with Gasteiger partial charge in [0.2, 0.25) is 0 Å². The van der Waals surface area contributed by atoms with E-state index >= 15 is 0 Å². The van der Waals surface area contributed by atoms with Crippen molar-refractivity contribution in [3.8, 4) is 11.5 Å². The molecule has 1 aliphatic heterocycles. The van der Waals surface area contributed by atoms with Crippen LogP contribution in [0.15, 0.2) is 48.5 Å². The molecule has 0 aromatic heterocycles. The Balaban J connectivity index is 1.64. The molecule has 8 heteroatoms. The molecule has 8 nitrogen and oxygen atoms in total. The lowest BCUT2D eigenvalue weighted by atomic mass is 10.2. The molecule has 0 aliphatic carbocycles. The Morgan fingerprint density at radius 1 is 1.24 bits per heavy atom. The molecule has 0 saturated carbocycles. The molecule has 2 aromatic carbocycles. The van der Waals surface area contributed by atoms with Gasteiger partial charge < -0.3 is 14.8 Å². The fraction of sp³-hybridized carbons (Fsp3) is 0.0588. The third-order valence-electron chi connectivity index (χ3n) is 3.32. The number of amides is 1. The number of hydrogen-bond donors (Lipinski definition) is 1. The van der Waals surface area contributed by atoms with Crippen LogP contribution >= 0.6 is 0 Å². The summed E-state index contributed by atoms with van der Waals surface area (Å²) in [6, 6.07) is 10.4. The standard InChI is InChI=1S/C17H12N2O6/c20-16-10-24-15-9-13(6-7-14(15)18-16)25-17(21)8-3-11-1-4-12(5-2-11)19(22)23/h1-9H,10H2,(H,18,20)/b8-3+. The molecule has 0 radical (unpaired) electrons. The third kappa shape index (κ3) is 3.99. The number of esters is 1.